The molecule has 144 valence electrons. The molecule has 2 N–H and O–H groups in total. The molecule has 0 saturated carbocycles. The van der Waals surface area contributed by atoms with Crippen molar-refractivity contribution < 1.29 is 17.9 Å². The molecule has 1 saturated heterocycles. The van der Waals surface area contributed by atoms with Crippen molar-refractivity contribution in [1.29, 1.82) is 0 Å². The van der Waals surface area contributed by atoms with Crippen molar-refractivity contribution in [3.63, 3.8) is 0 Å². The van der Waals surface area contributed by atoms with Crippen molar-refractivity contribution in [3.8, 4) is 0 Å². The highest BCUT2D eigenvalue weighted by molar-refractivity contribution is 7.92. The number of carbonyl (C=O) groups is 1. The number of amides is 1. The topological polar surface area (TPSA) is 87.7 Å². The fourth-order valence-corrected chi connectivity index (χ4v) is 3.42. The van der Waals surface area contributed by atoms with E-state index in [0.29, 0.717) is 17.8 Å². The van der Waals surface area contributed by atoms with Gasteiger partial charge in [0.05, 0.1) is 19.5 Å². The minimum atomic E-state index is -3.38. The van der Waals surface area contributed by atoms with Crippen LogP contribution in [0.3, 0.4) is 0 Å². The van der Waals surface area contributed by atoms with Gasteiger partial charge in [0.25, 0.3) is 5.91 Å². The van der Waals surface area contributed by atoms with Crippen LogP contribution >= 0.6 is 0 Å². The van der Waals surface area contributed by atoms with Crippen molar-refractivity contribution in [2.24, 2.45) is 0 Å². The van der Waals surface area contributed by atoms with Gasteiger partial charge in [0.15, 0.2) is 0 Å². The SMILES string of the molecule is CS(=O)(=O)Nc1cccc(C(=O)NCc2ccc(N3CCOCC3)cc2)c1. The fraction of sp³-hybridized carbons (Fsp3) is 0.316. The molecule has 0 bridgehead atoms. The molecule has 0 radical (unpaired) electrons. The first kappa shape index (κ1) is 19.2. The van der Waals surface area contributed by atoms with E-state index >= 15 is 0 Å². The van der Waals surface area contributed by atoms with Crippen molar-refractivity contribution >= 4 is 27.3 Å². The smallest absolute Gasteiger partial charge is 0.251 e. The number of carbonyl (C=O) groups excluding carboxylic acids is 1. The van der Waals surface area contributed by atoms with Gasteiger partial charge in [0.2, 0.25) is 10.0 Å². The van der Waals surface area contributed by atoms with Crippen molar-refractivity contribution in [1.82, 2.24) is 5.32 Å². The summed E-state index contributed by atoms with van der Waals surface area (Å²) < 4.78 is 30.4. The van der Waals surface area contributed by atoms with Gasteiger partial charge in [0.1, 0.15) is 0 Å². The number of benzene rings is 2. The van der Waals surface area contributed by atoms with E-state index in [1.165, 1.54) is 6.07 Å². The maximum absolute atomic E-state index is 12.3. The molecule has 8 heteroatoms. The Labute approximate surface area is 159 Å². The Morgan fingerprint density at radius 2 is 1.81 bits per heavy atom. The van der Waals surface area contributed by atoms with E-state index in [4.69, 9.17) is 4.74 Å². The number of hydrogen-bond acceptors (Lipinski definition) is 5. The molecule has 27 heavy (non-hydrogen) atoms. The number of rotatable bonds is 6. The largest absolute Gasteiger partial charge is 0.378 e. The molecule has 7 nitrogen and oxygen atoms in total. The van der Waals surface area contributed by atoms with E-state index in [1.807, 2.05) is 24.3 Å². The minimum Gasteiger partial charge on any atom is -0.378 e. The summed E-state index contributed by atoms with van der Waals surface area (Å²) in [5.74, 6) is -0.260. The second-order valence-electron chi connectivity index (χ2n) is 6.40. The normalized spacial score (nSPS) is 14.6. The highest BCUT2D eigenvalue weighted by Crippen LogP contribution is 2.17. The summed E-state index contributed by atoms with van der Waals surface area (Å²) >= 11 is 0. The molecule has 3 rings (SSSR count). The van der Waals surface area contributed by atoms with Gasteiger partial charge in [-0.1, -0.05) is 18.2 Å². The van der Waals surface area contributed by atoms with Crippen molar-refractivity contribution in [2.75, 3.05) is 42.2 Å². The minimum absolute atomic E-state index is 0.260. The second-order valence-corrected chi connectivity index (χ2v) is 8.15. The third-order valence-electron chi connectivity index (χ3n) is 4.19. The van der Waals surface area contributed by atoms with Gasteiger partial charge in [-0.25, -0.2) is 8.42 Å². The number of nitrogens with one attached hydrogen (secondary N) is 2. The van der Waals surface area contributed by atoms with Gasteiger partial charge in [-0.2, -0.15) is 0 Å². The molecular formula is C19H23N3O4S. The van der Waals surface area contributed by atoms with Crippen LogP contribution in [0.4, 0.5) is 11.4 Å². The van der Waals surface area contributed by atoms with Gasteiger partial charge in [-0.05, 0) is 35.9 Å². The molecule has 2 aromatic carbocycles. The first-order chi connectivity index (χ1) is 12.9. The van der Waals surface area contributed by atoms with E-state index < -0.39 is 10.0 Å². The average molecular weight is 389 g/mol. The van der Waals surface area contributed by atoms with Crippen LogP contribution in [0, 0.1) is 0 Å². The molecule has 0 aliphatic carbocycles. The Bertz CT molecular complexity index is 891. The molecule has 0 unspecified atom stereocenters. The lowest BCUT2D eigenvalue weighted by Crippen LogP contribution is -2.36. The standard InChI is InChI=1S/C19H23N3O4S/c1-27(24,25)21-17-4-2-3-16(13-17)19(23)20-14-15-5-7-18(8-6-15)22-9-11-26-12-10-22/h2-8,13,21H,9-12,14H2,1H3,(H,20,23). The van der Waals surface area contributed by atoms with Gasteiger partial charge in [-0.15, -0.1) is 0 Å². The van der Waals surface area contributed by atoms with Gasteiger partial charge in [0, 0.05) is 36.6 Å². The van der Waals surface area contributed by atoms with E-state index in [9.17, 15) is 13.2 Å². The Morgan fingerprint density at radius 1 is 1.11 bits per heavy atom. The van der Waals surface area contributed by atoms with Gasteiger partial charge >= 0.3 is 0 Å². The summed E-state index contributed by atoms with van der Waals surface area (Å²) in [6, 6.07) is 14.5. The molecule has 0 aromatic heterocycles. The summed E-state index contributed by atoms with van der Waals surface area (Å²) in [4.78, 5) is 14.6. The van der Waals surface area contributed by atoms with Crippen LogP contribution in [-0.4, -0.2) is 46.9 Å². The fourth-order valence-electron chi connectivity index (χ4n) is 2.87. The highest BCUT2D eigenvalue weighted by atomic mass is 32.2. The zero-order chi connectivity index (χ0) is 19.3. The molecule has 1 aliphatic rings. The van der Waals surface area contributed by atoms with Crippen LogP contribution < -0.4 is 14.9 Å². The molecular weight excluding hydrogens is 366 g/mol. The molecule has 1 aliphatic heterocycles. The number of nitrogens with zero attached hydrogens (tertiary/aromatic N) is 1. The predicted molar refractivity (Wildman–Crippen MR) is 106 cm³/mol. The predicted octanol–water partition coefficient (Wildman–Crippen LogP) is 1.82. The second kappa shape index (κ2) is 8.41. The van der Waals surface area contributed by atoms with Crippen LogP contribution in [0.2, 0.25) is 0 Å². The number of anilines is 2. The van der Waals surface area contributed by atoms with E-state index in [2.05, 4.69) is 14.9 Å². The lowest BCUT2D eigenvalue weighted by atomic mass is 10.1. The van der Waals surface area contributed by atoms with E-state index in [0.717, 1.165) is 43.8 Å². The lowest BCUT2D eigenvalue weighted by molar-refractivity contribution is 0.0951. The van der Waals surface area contributed by atoms with Crippen LogP contribution in [-0.2, 0) is 21.3 Å². The summed E-state index contributed by atoms with van der Waals surface area (Å²) in [6.07, 6.45) is 1.07. The quantitative estimate of drug-likeness (QED) is 0.787. The summed E-state index contributed by atoms with van der Waals surface area (Å²) in [6.45, 7) is 3.64. The van der Waals surface area contributed by atoms with Gasteiger partial charge < -0.3 is 15.0 Å². The molecule has 1 heterocycles. The lowest BCUT2D eigenvalue weighted by Gasteiger charge is -2.28. The monoisotopic (exact) mass is 389 g/mol. The summed E-state index contributed by atoms with van der Waals surface area (Å²) in [5.41, 5.74) is 2.90. The van der Waals surface area contributed by atoms with Crippen molar-refractivity contribution in [2.45, 2.75) is 6.54 Å². The third-order valence-corrected chi connectivity index (χ3v) is 4.80. The van der Waals surface area contributed by atoms with E-state index in [-0.39, 0.29) is 5.91 Å². The maximum atomic E-state index is 12.3. The molecule has 0 spiro atoms. The van der Waals surface area contributed by atoms with E-state index in [1.54, 1.807) is 18.2 Å². The number of morpholine rings is 1. The molecule has 1 fully saturated rings. The Hall–Kier alpha value is -2.58. The van der Waals surface area contributed by atoms with Crippen LogP contribution in [0.5, 0.6) is 0 Å². The maximum Gasteiger partial charge on any atom is 0.251 e. The average Bonchev–Trinajstić information content (AvgIpc) is 2.66. The Morgan fingerprint density at radius 3 is 2.48 bits per heavy atom. The Kier molecular flexibility index (Phi) is 5.98. The number of ether oxygens (including phenoxy) is 1. The van der Waals surface area contributed by atoms with Gasteiger partial charge in [-0.3, -0.25) is 9.52 Å². The number of sulfonamides is 1. The summed E-state index contributed by atoms with van der Waals surface area (Å²) in [5, 5.41) is 2.85. The highest BCUT2D eigenvalue weighted by Gasteiger charge is 2.11. The first-order valence-corrected chi connectivity index (χ1v) is 10.6. The summed E-state index contributed by atoms with van der Waals surface area (Å²) in [7, 11) is -3.38. The molecule has 0 atom stereocenters. The third kappa shape index (κ3) is 5.70. The Balaban J connectivity index is 1.58. The van der Waals surface area contributed by atoms with Crippen LogP contribution in [0.25, 0.3) is 0 Å². The van der Waals surface area contributed by atoms with Crippen molar-refractivity contribution in [3.05, 3.63) is 59.7 Å². The zero-order valence-corrected chi connectivity index (χ0v) is 16.0. The molecule has 2 aromatic rings. The molecule has 1 amide bonds. The zero-order valence-electron chi connectivity index (χ0n) is 15.1. The number of hydrogen-bond donors (Lipinski definition) is 2. The first-order valence-electron chi connectivity index (χ1n) is 8.68. The van der Waals surface area contributed by atoms with Crippen LogP contribution in [0.1, 0.15) is 15.9 Å². The van der Waals surface area contributed by atoms with Crippen LogP contribution in [0.15, 0.2) is 48.5 Å².